The fourth-order valence-electron chi connectivity index (χ4n) is 7.88. The second-order valence-electron chi connectivity index (χ2n) is 13.0. The number of allylic oxidation sites excluding steroid dienone is 4. The van der Waals surface area contributed by atoms with Gasteiger partial charge in [-0.1, -0.05) is 0 Å². The predicted molar refractivity (Wildman–Crippen MR) is 208 cm³/mol. The van der Waals surface area contributed by atoms with Crippen LogP contribution in [-0.2, 0) is 22.8 Å². The third-order valence-electron chi connectivity index (χ3n) is 10.1. The molecule has 50 heavy (non-hydrogen) atoms. The molecule has 0 saturated heterocycles. The molecule has 235 valence electrons. The van der Waals surface area contributed by atoms with Crippen LogP contribution in [0.5, 0.6) is 0 Å². The minimum atomic E-state index is -1.37. The van der Waals surface area contributed by atoms with Gasteiger partial charge in [0, 0.05) is 0 Å². The fourth-order valence-corrected chi connectivity index (χ4v) is 12.3. The van der Waals surface area contributed by atoms with E-state index < -0.39 is 22.8 Å². The van der Waals surface area contributed by atoms with E-state index in [2.05, 4.69) is 194 Å². The zero-order valence-corrected chi connectivity index (χ0v) is 30.2. The molecule has 7 aromatic carbocycles. The van der Waals surface area contributed by atoms with Crippen molar-refractivity contribution in [2.45, 2.75) is 10.0 Å². The summed E-state index contributed by atoms with van der Waals surface area (Å²) >= 11 is -1.37. The third kappa shape index (κ3) is 5.57. The van der Waals surface area contributed by atoms with Crippen LogP contribution in [-0.4, -0.2) is 3.21 Å². The predicted octanol–water partition coefficient (Wildman–Crippen LogP) is 12.5. The molecule has 0 N–H and O–H groups in total. The molecule has 0 heterocycles. The maximum absolute atomic E-state index is 2.55. The van der Waals surface area contributed by atoms with Crippen molar-refractivity contribution in [2.24, 2.45) is 0 Å². The van der Waals surface area contributed by atoms with E-state index in [0.29, 0.717) is 3.63 Å². The van der Waals surface area contributed by atoms with E-state index >= 15 is 0 Å². The molecule has 0 spiro atoms. The summed E-state index contributed by atoms with van der Waals surface area (Å²) in [5, 5.41) is 0. The van der Waals surface area contributed by atoms with E-state index in [9.17, 15) is 0 Å². The Hall–Kier alpha value is -5.23. The molecule has 0 radical (unpaired) electrons. The van der Waals surface area contributed by atoms with Gasteiger partial charge in [-0.2, -0.15) is 0 Å². The third-order valence-corrected chi connectivity index (χ3v) is 14.4. The van der Waals surface area contributed by atoms with Gasteiger partial charge >= 0.3 is 308 Å². The Balaban J connectivity index is 1.44. The summed E-state index contributed by atoms with van der Waals surface area (Å²) in [4.78, 5) is 0. The Morgan fingerprint density at radius 2 is 1.00 bits per heavy atom. The second-order valence-corrected chi connectivity index (χ2v) is 16.4. The Labute approximate surface area is 306 Å². The van der Waals surface area contributed by atoms with Crippen LogP contribution in [0, 0.1) is 0 Å². The van der Waals surface area contributed by atoms with Gasteiger partial charge in [0.15, 0.2) is 0 Å². The van der Waals surface area contributed by atoms with E-state index in [0.717, 1.165) is 6.42 Å². The van der Waals surface area contributed by atoms with Crippen LogP contribution in [0.15, 0.2) is 194 Å². The van der Waals surface area contributed by atoms with E-state index in [-0.39, 0.29) is 0 Å². The topological polar surface area (TPSA) is 0 Å². The van der Waals surface area contributed by atoms with Gasteiger partial charge in [0.2, 0.25) is 0 Å². The number of rotatable bonds is 7. The normalized spacial score (nSPS) is 14.1. The van der Waals surface area contributed by atoms with Gasteiger partial charge in [-0.15, -0.1) is 0 Å². The SMILES string of the molecule is C1=CCC(c2c(-c3ccccc3)c(-c3ccccc3)cc3c2[CH]([Zr]=[C](c2ccccc2)c2ccccc2)c2cccc(-c4ccccc4)c2-3)=C1. The Morgan fingerprint density at radius 1 is 0.460 bits per heavy atom. The van der Waals surface area contributed by atoms with E-state index in [1.54, 1.807) is 3.21 Å². The summed E-state index contributed by atoms with van der Waals surface area (Å²) in [6, 6.07) is 65.1. The minimum absolute atomic E-state index is 0.325. The maximum atomic E-state index is 2.55. The fraction of sp³-hybridized carbons (Fsp3) is 0.0408. The van der Waals surface area contributed by atoms with Crippen LogP contribution >= 0.6 is 0 Å². The second kappa shape index (κ2) is 13.6. The van der Waals surface area contributed by atoms with Crippen LogP contribution in [0.3, 0.4) is 0 Å². The molecule has 2 aliphatic carbocycles. The summed E-state index contributed by atoms with van der Waals surface area (Å²) in [5.41, 5.74) is 19.1. The molecule has 0 amide bonds. The number of fused-ring (bicyclic) bond motifs is 3. The van der Waals surface area contributed by atoms with Crippen LogP contribution < -0.4 is 0 Å². The zero-order chi connectivity index (χ0) is 33.3. The molecule has 0 fully saturated rings. The number of hydrogen-bond donors (Lipinski definition) is 0. The summed E-state index contributed by atoms with van der Waals surface area (Å²) in [6.07, 6.45) is 7.89. The number of benzene rings is 7. The van der Waals surface area contributed by atoms with Crippen LogP contribution in [0.25, 0.3) is 50.1 Å². The van der Waals surface area contributed by atoms with Crippen molar-refractivity contribution in [1.29, 1.82) is 0 Å². The van der Waals surface area contributed by atoms with Crippen LogP contribution in [0.1, 0.15) is 37.9 Å². The summed E-state index contributed by atoms with van der Waals surface area (Å²) < 4.78 is 1.87. The van der Waals surface area contributed by atoms with Gasteiger partial charge in [-0.25, -0.2) is 0 Å². The number of hydrogen-bond acceptors (Lipinski definition) is 0. The van der Waals surface area contributed by atoms with Gasteiger partial charge in [0.05, 0.1) is 0 Å². The van der Waals surface area contributed by atoms with Gasteiger partial charge in [0.1, 0.15) is 0 Å². The summed E-state index contributed by atoms with van der Waals surface area (Å²) in [6.45, 7) is 0. The first-order valence-electron chi connectivity index (χ1n) is 17.5. The monoisotopic (exact) mass is 713 g/mol. The van der Waals surface area contributed by atoms with E-state index in [1.807, 2.05) is 0 Å². The van der Waals surface area contributed by atoms with Crippen LogP contribution in [0.4, 0.5) is 0 Å². The van der Waals surface area contributed by atoms with Crippen molar-refractivity contribution in [3.63, 3.8) is 0 Å². The average molecular weight is 715 g/mol. The molecule has 0 nitrogen and oxygen atoms in total. The molecule has 9 rings (SSSR count). The Morgan fingerprint density at radius 3 is 1.56 bits per heavy atom. The van der Waals surface area contributed by atoms with Gasteiger partial charge < -0.3 is 0 Å². The van der Waals surface area contributed by atoms with E-state index in [1.165, 1.54) is 77.9 Å². The molecule has 1 unspecified atom stereocenters. The molecule has 1 atom stereocenters. The zero-order valence-electron chi connectivity index (χ0n) is 27.8. The first kappa shape index (κ1) is 30.8. The molecular weight excluding hydrogens is 680 g/mol. The molecule has 2 aliphatic rings. The van der Waals surface area contributed by atoms with Gasteiger partial charge in [-0.3, -0.25) is 0 Å². The first-order valence-corrected chi connectivity index (χ1v) is 20.1. The van der Waals surface area contributed by atoms with Crippen molar-refractivity contribution in [1.82, 2.24) is 0 Å². The van der Waals surface area contributed by atoms with Gasteiger partial charge in [-0.05, 0) is 0 Å². The first-order chi connectivity index (χ1) is 24.8. The standard InChI is InChI=1S/C36H25.C13H10.Zr/c1-4-13-25(14-5-1)30-22-12-21-29-23-32-33(34(29)30)24-31(26-15-6-2-7-16-26)35(27-17-8-3-9-18-27)36(32)28-19-10-11-20-28;1-3-7-12(8-4-1)11-13-9-5-2-6-10-13;/h1-19,21-24H,20H2;1-10H;. The molecule has 1 heteroatoms. The molecule has 0 aliphatic heterocycles. The quantitative estimate of drug-likeness (QED) is 0.154. The van der Waals surface area contributed by atoms with Crippen molar-refractivity contribution in [2.75, 3.05) is 0 Å². The van der Waals surface area contributed by atoms with Crippen molar-refractivity contribution < 1.29 is 22.8 Å². The molecule has 7 aromatic rings. The summed E-state index contributed by atoms with van der Waals surface area (Å²) in [7, 11) is 0. The van der Waals surface area contributed by atoms with Crippen LogP contribution in [0.2, 0.25) is 0 Å². The molecular formula is C49H35Zr. The van der Waals surface area contributed by atoms with Crippen molar-refractivity contribution in [3.8, 4) is 44.5 Å². The Bertz CT molecular complexity index is 2360. The molecule has 0 aromatic heterocycles. The van der Waals surface area contributed by atoms with Gasteiger partial charge in [0.25, 0.3) is 0 Å². The summed E-state index contributed by atoms with van der Waals surface area (Å²) in [5.74, 6) is 0. The van der Waals surface area contributed by atoms with Crippen molar-refractivity contribution in [3.05, 3.63) is 222 Å². The Kier molecular flexibility index (Phi) is 8.37. The van der Waals surface area contributed by atoms with E-state index in [4.69, 9.17) is 0 Å². The van der Waals surface area contributed by atoms with Crippen molar-refractivity contribution >= 4 is 8.78 Å². The molecule has 0 bridgehead atoms. The average Bonchev–Trinajstić information content (AvgIpc) is 3.85. The molecule has 0 saturated carbocycles.